The topological polar surface area (TPSA) is 132 Å². The van der Waals surface area contributed by atoms with Crippen LogP contribution in [0, 0.1) is 0 Å². The van der Waals surface area contributed by atoms with Crippen molar-refractivity contribution >= 4 is 23.5 Å². The quantitative estimate of drug-likeness (QED) is 0.217. The van der Waals surface area contributed by atoms with Crippen LogP contribution >= 0.6 is 0 Å². The van der Waals surface area contributed by atoms with E-state index in [9.17, 15) is 14.4 Å². The molecule has 2 unspecified atom stereocenters. The highest BCUT2D eigenvalue weighted by molar-refractivity contribution is 5.98. The number of amides is 3. The Bertz CT molecular complexity index is 1580. The van der Waals surface area contributed by atoms with Gasteiger partial charge in [0.05, 0.1) is 25.1 Å². The number of carbonyl (C=O) groups excluding carboxylic acids is 3. The standard InChI is InChI=1S/C36H42N6O4/c1-36(2,37)35(45)39-30(24-46-23-26-12-6-3-7-13-26)33(43)40-31-22-42(25-38-31)32(29-16-10-5-11-17-29)34(44)41-20-18-28(19-21-41)27-14-8-4-9-15-27/h3-17,22,25,28,30,32H,18-21,23-24,37H2,1-2H3,(H,39,45)(H,40,43). The summed E-state index contributed by atoms with van der Waals surface area (Å²) >= 11 is 0. The number of hydrogen-bond acceptors (Lipinski definition) is 6. The average Bonchev–Trinajstić information content (AvgIpc) is 3.52. The highest BCUT2D eigenvalue weighted by Gasteiger charge is 2.32. The Morgan fingerprint density at radius 1 is 0.935 bits per heavy atom. The number of piperidine rings is 1. The summed E-state index contributed by atoms with van der Waals surface area (Å²) < 4.78 is 7.52. The van der Waals surface area contributed by atoms with Gasteiger partial charge in [-0.05, 0) is 49.3 Å². The molecule has 0 bridgehead atoms. The fourth-order valence-electron chi connectivity index (χ4n) is 5.56. The molecular formula is C36H42N6O4. The molecule has 2 atom stereocenters. The van der Waals surface area contributed by atoms with Crippen LogP contribution in [0.5, 0.6) is 0 Å². The summed E-state index contributed by atoms with van der Waals surface area (Å²) in [6, 6.07) is 27.8. The summed E-state index contributed by atoms with van der Waals surface area (Å²) in [6.07, 6.45) is 4.97. The van der Waals surface area contributed by atoms with Gasteiger partial charge in [-0.3, -0.25) is 14.4 Å². The molecule has 240 valence electrons. The molecule has 5 rings (SSSR count). The molecule has 1 saturated heterocycles. The zero-order valence-electron chi connectivity index (χ0n) is 26.3. The molecule has 4 aromatic rings. The Labute approximate surface area is 270 Å². The Hall–Kier alpha value is -4.80. The van der Waals surface area contributed by atoms with Gasteiger partial charge in [-0.2, -0.15) is 0 Å². The highest BCUT2D eigenvalue weighted by atomic mass is 16.5. The minimum Gasteiger partial charge on any atom is -0.374 e. The van der Waals surface area contributed by atoms with Crippen molar-refractivity contribution in [2.45, 2.75) is 56.8 Å². The summed E-state index contributed by atoms with van der Waals surface area (Å²) in [7, 11) is 0. The molecule has 10 nitrogen and oxygen atoms in total. The fraction of sp³-hybridized carbons (Fsp3) is 0.333. The minimum atomic E-state index is -1.20. The zero-order valence-corrected chi connectivity index (χ0v) is 26.3. The van der Waals surface area contributed by atoms with Gasteiger partial charge in [-0.1, -0.05) is 91.0 Å². The van der Waals surface area contributed by atoms with Crippen molar-refractivity contribution in [1.29, 1.82) is 0 Å². The minimum absolute atomic E-state index is 0.0300. The third-order valence-electron chi connectivity index (χ3n) is 8.18. The maximum Gasteiger partial charge on any atom is 0.250 e. The van der Waals surface area contributed by atoms with Crippen LogP contribution in [0.2, 0.25) is 0 Å². The van der Waals surface area contributed by atoms with Crippen LogP contribution in [-0.2, 0) is 25.7 Å². The fourth-order valence-corrected chi connectivity index (χ4v) is 5.56. The molecule has 1 fully saturated rings. The van der Waals surface area contributed by atoms with Crippen LogP contribution in [0.15, 0.2) is 104 Å². The number of nitrogens with one attached hydrogen (secondary N) is 2. The van der Waals surface area contributed by atoms with Crippen LogP contribution in [-0.4, -0.2) is 63.4 Å². The second kappa shape index (κ2) is 15.0. The molecule has 0 aliphatic carbocycles. The number of ether oxygens (including phenoxy) is 1. The second-order valence-corrected chi connectivity index (χ2v) is 12.3. The molecule has 3 amide bonds. The molecule has 3 aromatic carbocycles. The Balaban J connectivity index is 1.29. The first-order chi connectivity index (χ1) is 22.2. The first-order valence-electron chi connectivity index (χ1n) is 15.6. The maximum absolute atomic E-state index is 14.0. The van der Waals surface area contributed by atoms with Crippen molar-refractivity contribution in [3.8, 4) is 0 Å². The summed E-state index contributed by atoms with van der Waals surface area (Å²) in [6.45, 7) is 4.63. The lowest BCUT2D eigenvalue weighted by Crippen LogP contribution is -2.56. The lowest BCUT2D eigenvalue weighted by atomic mass is 9.89. The molecular weight excluding hydrogens is 580 g/mol. The van der Waals surface area contributed by atoms with E-state index in [4.69, 9.17) is 10.5 Å². The van der Waals surface area contributed by atoms with Crippen LogP contribution in [0.3, 0.4) is 0 Å². The van der Waals surface area contributed by atoms with E-state index >= 15 is 0 Å². The van der Waals surface area contributed by atoms with Gasteiger partial charge >= 0.3 is 0 Å². The van der Waals surface area contributed by atoms with E-state index in [1.807, 2.05) is 71.6 Å². The van der Waals surface area contributed by atoms with Crippen molar-refractivity contribution in [1.82, 2.24) is 19.8 Å². The van der Waals surface area contributed by atoms with Gasteiger partial charge in [0.15, 0.2) is 5.82 Å². The molecule has 0 radical (unpaired) electrons. The molecule has 4 N–H and O–H groups in total. The van der Waals surface area contributed by atoms with Gasteiger partial charge in [0.25, 0.3) is 5.91 Å². The SMILES string of the molecule is CC(C)(N)C(=O)NC(COCc1ccccc1)C(=O)Nc1cn(C(C(=O)N2CCC(c3ccccc3)CC2)c2ccccc2)cn1. The molecule has 1 aromatic heterocycles. The van der Waals surface area contributed by atoms with Crippen molar-refractivity contribution in [2.24, 2.45) is 5.73 Å². The highest BCUT2D eigenvalue weighted by Crippen LogP contribution is 2.30. The Morgan fingerprint density at radius 2 is 1.54 bits per heavy atom. The number of anilines is 1. The number of carbonyl (C=O) groups is 3. The van der Waals surface area contributed by atoms with E-state index in [0.717, 1.165) is 24.0 Å². The van der Waals surface area contributed by atoms with Crippen molar-refractivity contribution in [3.63, 3.8) is 0 Å². The van der Waals surface area contributed by atoms with Crippen molar-refractivity contribution in [2.75, 3.05) is 25.0 Å². The average molecular weight is 623 g/mol. The second-order valence-electron chi connectivity index (χ2n) is 12.3. The summed E-state index contributed by atoms with van der Waals surface area (Å²) in [5.74, 6) is -0.368. The van der Waals surface area contributed by atoms with Gasteiger partial charge in [0.1, 0.15) is 12.1 Å². The molecule has 2 heterocycles. The van der Waals surface area contributed by atoms with E-state index in [1.54, 1.807) is 30.9 Å². The van der Waals surface area contributed by atoms with E-state index in [0.29, 0.717) is 19.0 Å². The van der Waals surface area contributed by atoms with Crippen molar-refractivity contribution < 1.29 is 19.1 Å². The van der Waals surface area contributed by atoms with Gasteiger partial charge in [0, 0.05) is 19.3 Å². The normalized spacial score (nSPS) is 15.2. The first-order valence-corrected chi connectivity index (χ1v) is 15.6. The lowest BCUT2D eigenvalue weighted by molar-refractivity contribution is -0.134. The van der Waals surface area contributed by atoms with Crippen LogP contribution in [0.1, 0.15) is 55.3 Å². The predicted molar refractivity (Wildman–Crippen MR) is 177 cm³/mol. The van der Waals surface area contributed by atoms with E-state index in [-0.39, 0.29) is 24.9 Å². The third-order valence-corrected chi connectivity index (χ3v) is 8.18. The van der Waals surface area contributed by atoms with Gasteiger partial charge in [-0.15, -0.1) is 0 Å². The molecule has 10 heteroatoms. The Kier molecular flexibility index (Phi) is 10.6. The van der Waals surface area contributed by atoms with E-state index in [2.05, 4.69) is 39.9 Å². The van der Waals surface area contributed by atoms with Crippen molar-refractivity contribution in [3.05, 3.63) is 120 Å². The number of nitrogens with two attached hydrogens (primary N) is 1. The van der Waals surface area contributed by atoms with E-state index in [1.165, 1.54) is 5.56 Å². The van der Waals surface area contributed by atoms with E-state index < -0.39 is 29.4 Å². The van der Waals surface area contributed by atoms with Gasteiger partial charge in [0.2, 0.25) is 11.8 Å². The number of nitrogens with zero attached hydrogens (tertiary/aromatic N) is 3. The maximum atomic E-state index is 14.0. The molecule has 0 saturated carbocycles. The summed E-state index contributed by atoms with van der Waals surface area (Å²) in [4.78, 5) is 46.5. The predicted octanol–water partition coefficient (Wildman–Crippen LogP) is 4.26. The molecule has 46 heavy (non-hydrogen) atoms. The molecule has 1 aliphatic rings. The first kappa shape index (κ1) is 32.6. The number of hydrogen-bond donors (Lipinski definition) is 3. The third kappa shape index (κ3) is 8.47. The number of likely N-dealkylation sites (tertiary alicyclic amines) is 1. The van der Waals surface area contributed by atoms with Crippen LogP contribution in [0.25, 0.3) is 0 Å². The zero-order chi connectivity index (χ0) is 32.5. The summed E-state index contributed by atoms with van der Waals surface area (Å²) in [5, 5.41) is 5.48. The smallest absolute Gasteiger partial charge is 0.250 e. The number of benzene rings is 3. The van der Waals surface area contributed by atoms with Crippen LogP contribution in [0.4, 0.5) is 5.82 Å². The Morgan fingerprint density at radius 3 is 2.17 bits per heavy atom. The number of rotatable bonds is 12. The lowest BCUT2D eigenvalue weighted by Gasteiger charge is -2.35. The van der Waals surface area contributed by atoms with Gasteiger partial charge in [-0.25, -0.2) is 4.98 Å². The molecule has 1 aliphatic heterocycles. The monoisotopic (exact) mass is 622 g/mol. The number of aromatic nitrogens is 2. The molecule has 0 spiro atoms. The number of imidazole rings is 1. The summed E-state index contributed by atoms with van der Waals surface area (Å²) in [5.41, 5.74) is 7.85. The van der Waals surface area contributed by atoms with Crippen LogP contribution < -0.4 is 16.4 Å². The largest absolute Gasteiger partial charge is 0.374 e. The van der Waals surface area contributed by atoms with Gasteiger partial charge < -0.3 is 30.6 Å².